The van der Waals surface area contributed by atoms with E-state index in [9.17, 15) is 0 Å². The molecule has 0 spiro atoms. The van der Waals surface area contributed by atoms with Gasteiger partial charge >= 0.3 is 0 Å². The summed E-state index contributed by atoms with van der Waals surface area (Å²) in [6.45, 7) is 0. The summed E-state index contributed by atoms with van der Waals surface area (Å²) in [4.78, 5) is 2.55. The van der Waals surface area contributed by atoms with Crippen molar-refractivity contribution in [3.8, 4) is 11.5 Å². The first kappa shape index (κ1) is 13.9. The molecular formula is C19H23NO2. The number of piperidine rings is 1. The van der Waals surface area contributed by atoms with E-state index < -0.39 is 0 Å². The first-order chi connectivity index (χ1) is 10.8. The van der Waals surface area contributed by atoms with Crippen LogP contribution in [0.3, 0.4) is 0 Å². The molecule has 0 aromatic heterocycles. The minimum Gasteiger partial charge on any atom is -0.496 e. The van der Waals surface area contributed by atoms with Gasteiger partial charge in [-0.15, -0.1) is 0 Å². The Hall–Kier alpha value is -1.74. The Morgan fingerprint density at radius 2 is 1.50 bits per heavy atom. The zero-order valence-corrected chi connectivity index (χ0v) is 13.3. The summed E-state index contributed by atoms with van der Waals surface area (Å²) in [6.07, 6.45) is 5.28. The molecular weight excluding hydrogens is 274 g/mol. The fourth-order valence-corrected chi connectivity index (χ4v) is 4.16. The lowest BCUT2D eigenvalue weighted by atomic mass is 10.00. The van der Waals surface area contributed by atoms with Crippen LogP contribution in [0.1, 0.15) is 25.7 Å². The van der Waals surface area contributed by atoms with E-state index in [1.54, 1.807) is 7.11 Å². The van der Waals surface area contributed by atoms with Crippen LogP contribution in [0.4, 0.5) is 0 Å². The molecule has 3 heteroatoms. The second kappa shape index (κ2) is 5.47. The monoisotopic (exact) mass is 297 g/mol. The number of hydrogen-bond donors (Lipinski definition) is 0. The summed E-state index contributed by atoms with van der Waals surface area (Å²) in [7, 11) is 3.98. The highest BCUT2D eigenvalue weighted by atomic mass is 16.5. The molecule has 0 N–H and O–H groups in total. The van der Waals surface area contributed by atoms with Crippen LogP contribution in [0.5, 0.6) is 11.5 Å². The van der Waals surface area contributed by atoms with E-state index in [1.165, 1.54) is 12.8 Å². The summed E-state index contributed by atoms with van der Waals surface area (Å²) < 4.78 is 11.9. The Morgan fingerprint density at radius 1 is 0.909 bits per heavy atom. The van der Waals surface area contributed by atoms with Crippen LogP contribution in [-0.2, 0) is 0 Å². The first-order valence-corrected chi connectivity index (χ1v) is 8.20. The van der Waals surface area contributed by atoms with Crippen molar-refractivity contribution in [1.29, 1.82) is 0 Å². The van der Waals surface area contributed by atoms with Crippen molar-refractivity contribution in [2.45, 2.75) is 43.9 Å². The molecule has 0 aliphatic carbocycles. The van der Waals surface area contributed by atoms with Gasteiger partial charge in [0.25, 0.3) is 0 Å². The highest BCUT2D eigenvalue weighted by Gasteiger charge is 2.39. The highest BCUT2D eigenvalue weighted by Crippen LogP contribution is 2.38. The highest BCUT2D eigenvalue weighted by molar-refractivity contribution is 5.93. The Balaban J connectivity index is 1.63. The lowest BCUT2D eigenvalue weighted by molar-refractivity contribution is 0.0671. The largest absolute Gasteiger partial charge is 0.496 e. The summed E-state index contributed by atoms with van der Waals surface area (Å²) in [6, 6.07) is 13.8. The van der Waals surface area contributed by atoms with E-state index in [4.69, 9.17) is 9.47 Å². The maximum Gasteiger partial charge on any atom is 0.127 e. The van der Waals surface area contributed by atoms with Gasteiger partial charge in [-0.2, -0.15) is 0 Å². The predicted octanol–water partition coefficient (Wildman–Crippen LogP) is 3.85. The maximum absolute atomic E-state index is 6.42. The quantitative estimate of drug-likeness (QED) is 0.859. The fraction of sp³-hybridized carbons (Fsp3) is 0.474. The average Bonchev–Trinajstić information content (AvgIpc) is 2.76. The van der Waals surface area contributed by atoms with E-state index in [1.807, 2.05) is 12.1 Å². The van der Waals surface area contributed by atoms with Gasteiger partial charge in [-0.1, -0.05) is 24.3 Å². The summed E-state index contributed by atoms with van der Waals surface area (Å²) in [5.41, 5.74) is 0. The standard InChI is InChI=1S/C19H23NO2/c1-20-13-7-8-14(20)12-15(11-13)22-19-10-9-18(21-2)16-5-3-4-6-17(16)19/h3-6,9-10,13-15H,7-8,11-12H2,1-2H3/t13-,14+,15?. The van der Waals surface area contributed by atoms with Crippen LogP contribution in [-0.4, -0.2) is 37.2 Å². The Morgan fingerprint density at radius 3 is 2.14 bits per heavy atom. The minimum absolute atomic E-state index is 0.338. The van der Waals surface area contributed by atoms with Crippen molar-refractivity contribution in [2.24, 2.45) is 0 Å². The molecule has 22 heavy (non-hydrogen) atoms. The molecule has 2 fully saturated rings. The molecule has 1 unspecified atom stereocenters. The van der Waals surface area contributed by atoms with Gasteiger partial charge in [0.15, 0.2) is 0 Å². The molecule has 2 aliphatic rings. The Bertz CT molecular complexity index is 670. The number of hydrogen-bond acceptors (Lipinski definition) is 3. The SMILES string of the molecule is COc1ccc(OC2C[C@H]3CC[C@@H](C2)N3C)c2ccccc12. The second-order valence-corrected chi connectivity index (χ2v) is 6.57. The molecule has 0 radical (unpaired) electrons. The minimum atomic E-state index is 0.338. The van der Waals surface area contributed by atoms with Crippen molar-refractivity contribution in [3.05, 3.63) is 36.4 Å². The maximum atomic E-state index is 6.42. The van der Waals surface area contributed by atoms with Crippen molar-refractivity contribution in [1.82, 2.24) is 4.90 Å². The van der Waals surface area contributed by atoms with Crippen molar-refractivity contribution >= 4 is 10.8 Å². The van der Waals surface area contributed by atoms with E-state index >= 15 is 0 Å². The second-order valence-electron chi connectivity index (χ2n) is 6.57. The lowest BCUT2D eigenvalue weighted by Crippen LogP contribution is -2.43. The molecule has 3 atom stereocenters. The van der Waals surface area contributed by atoms with Crippen LogP contribution in [0.15, 0.2) is 36.4 Å². The third-order valence-corrected chi connectivity index (χ3v) is 5.41. The van der Waals surface area contributed by atoms with Crippen molar-refractivity contribution in [3.63, 3.8) is 0 Å². The summed E-state index contributed by atoms with van der Waals surface area (Å²) in [5.74, 6) is 1.90. The number of rotatable bonds is 3. The third kappa shape index (κ3) is 2.24. The van der Waals surface area contributed by atoms with E-state index in [2.05, 4.69) is 36.2 Å². The van der Waals surface area contributed by atoms with Gasteiger partial charge in [0, 0.05) is 22.9 Å². The van der Waals surface area contributed by atoms with Crippen LogP contribution in [0.25, 0.3) is 10.8 Å². The van der Waals surface area contributed by atoms with Crippen LogP contribution < -0.4 is 9.47 Å². The molecule has 0 saturated carbocycles. The zero-order chi connectivity index (χ0) is 15.1. The number of ether oxygens (including phenoxy) is 2. The molecule has 2 aromatic carbocycles. The number of fused-ring (bicyclic) bond motifs is 3. The molecule has 116 valence electrons. The molecule has 0 amide bonds. The number of benzene rings is 2. The normalized spacial score (nSPS) is 28.0. The van der Waals surface area contributed by atoms with Gasteiger partial charge < -0.3 is 14.4 Å². The Labute approximate surface area is 131 Å². The topological polar surface area (TPSA) is 21.7 Å². The third-order valence-electron chi connectivity index (χ3n) is 5.41. The van der Waals surface area contributed by atoms with Gasteiger partial charge in [-0.3, -0.25) is 0 Å². The smallest absolute Gasteiger partial charge is 0.127 e. The molecule has 2 heterocycles. The van der Waals surface area contributed by atoms with Crippen molar-refractivity contribution in [2.75, 3.05) is 14.2 Å². The lowest BCUT2D eigenvalue weighted by Gasteiger charge is -2.36. The van der Waals surface area contributed by atoms with Gasteiger partial charge in [0.05, 0.1) is 7.11 Å². The zero-order valence-electron chi connectivity index (χ0n) is 13.3. The molecule has 2 aromatic rings. The van der Waals surface area contributed by atoms with E-state index in [0.717, 1.165) is 35.1 Å². The van der Waals surface area contributed by atoms with Crippen LogP contribution >= 0.6 is 0 Å². The van der Waals surface area contributed by atoms with Gasteiger partial charge in [-0.05, 0) is 44.9 Å². The summed E-state index contributed by atoms with van der Waals surface area (Å²) >= 11 is 0. The molecule has 2 saturated heterocycles. The number of methoxy groups -OCH3 is 1. The van der Waals surface area contributed by atoms with Crippen molar-refractivity contribution < 1.29 is 9.47 Å². The van der Waals surface area contributed by atoms with Gasteiger partial charge in [0.1, 0.15) is 17.6 Å². The summed E-state index contributed by atoms with van der Waals surface area (Å²) in [5, 5.41) is 2.27. The van der Waals surface area contributed by atoms with Gasteiger partial charge in [-0.25, -0.2) is 0 Å². The van der Waals surface area contributed by atoms with E-state index in [-0.39, 0.29) is 0 Å². The molecule has 2 bridgehead atoms. The molecule has 2 aliphatic heterocycles. The first-order valence-electron chi connectivity index (χ1n) is 8.20. The molecule has 4 rings (SSSR count). The van der Waals surface area contributed by atoms with Crippen LogP contribution in [0.2, 0.25) is 0 Å². The van der Waals surface area contributed by atoms with Crippen LogP contribution in [0, 0.1) is 0 Å². The average molecular weight is 297 g/mol. The Kier molecular flexibility index (Phi) is 3.45. The number of nitrogens with zero attached hydrogens (tertiary/aromatic N) is 1. The van der Waals surface area contributed by atoms with E-state index in [0.29, 0.717) is 18.2 Å². The fourth-order valence-electron chi connectivity index (χ4n) is 4.16. The van der Waals surface area contributed by atoms with Gasteiger partial charge in [0.2, 0.25) is 0 Å². The predicted molar refractivity (Wildman–Crippen MR) is 88.7 cm³/mol. The molecule has 3 nitrogen and oxygen atoms in total.